The van der Waals surface area contributed by atoms with Crippen molar-refractivity contribution in [2.45, 2.75) is 51.5 Å². The van der Waals surface area contributed by atoms with Gasteiger partial charge < -0.3 is 15.4 Å². The van der Waals surface area contributed by atoms with Crippen molar-refractivity contribution in [2.24, 2.45) is 0 Å². The summed E-state index contributed by atoms with van der Waals surface area (Å²) in [7, 11) is 1.62. The third kappa shape index (κ3) is 4.69. The molecule has 0 unspecified atom stereocenters. The van der Waals surface area contributed by atoms with Gasteiger partial charge in [-0.3, -0.25) is 4.79 Å². The molecule has 0 saturated carbocycles. The van der Waals surface area contributed by atoms with E-state index in [4.69, 9.17) is 4.74 Å². The highest BCUT2D eigenvalue weighted by Crippen LogP contribution is 2.32. The van der Waals surface area contributed by atoms with E-state index in [1.165, 1.54) is 11.1 Å². The summed E-state index contributed by atoms with van der Waals surface area (Å²) in [5, 5.41) is 6.44. The molecule has 2 N–H and O–H groups in total. The van der Waals surface area contributed by atoms with Crippen molar-refractivity contribution in [1.29, 1.82) is 0 Å². The van der Waals surface area contributed by atoms with Crippen LogP contribution in [0.1, 0.15) is 56.3 Å². The summed E-state index contributed by atoms with van der Waals surface area (Å²) in [6, 6.07) is 14.7. The van der Waals surface area contributed by atoms with Gasteiger partial charge in [0.05, 0.1) is 19.3 Å². The summed E-state index contributed by atoms with van der Waals surface area (Å²) < 4.78 is 5.42. The van der Waals surface area contributed by atoms with Gasteiger partial charge in [0.25, 0.3) is 0 Å². The standard InChI is InChI=1S/C23H30N2O2/c1-23(2,3)17-12-13-21(27-4)20(14-17)25-22(26)15-24-19-11-7-9-16-8-5-6-10-18(16)19/h5-6,8,10,12-14,19,24H,7,9,11,15H2,1-4H3,(H,25,26)/t19-/m0/s1. The van der Waals surface area contributed by atoms with Crippen molar-refractivity contribution in [3.63, 3.8) is 0 Å². The maximum absolute atomic E-state index is 12.6. The molecule has 0 fully saturated rings. The van der Waals surface area contributed by atoms with Crippen molar-refractivity contribution < 1.29 is 9.53 Å². The van der Waals surface area contributed by atoms with Gasteiger partial charge >= 0.3 is 0 Å². The van der Waals surface area contributed by atoms with Crippen molar-refractivity contribution >= 4 is 11.6 Å². The van der Waals surface area contributed by atoms with E-state index in [1.54, 1.807) is 7.11 Å². The van der Waals surface area contributed by atoms with Crippen LogP contribution in [-0.4, -0.2) is 19.6 Å². The number of hydrogen-bond donors (Lipinski definition) is 2. The van der Waals surface area contributed by atoms with Gasteiger partial charge in [-0.2, -0.15) is 0 Å². The maximum atomic E-state index is 12.6. The minimum Gasteiger partial charge on any atom is -0.495 e. The molecular formula is C23H30N2O2. The van der Waals surface area contributed by atoms with Crippen LogP contribution >= 0.6 is 0 Å². The number of amides is 1. The topological polar surface area (TPSA) is 50.4 Å². The van der Waals surface area contributed by atoms with E-state index < -0.39 is 0 Å². The van der Waals surface area contributed by atoms with Crippen molar-refractivity contribution in [2.75, 3.05) is 19.0 Å². The first kappa shape index (κ1) is 19.4. The van der Waals surface area contributed by atoms with Crippen molar-refractivity contribution in [3.05, 3.63) is 59.2 Å². The lowest BCUT2D eigenvalue weighted by molar-refractivity contribution is -0.115. The van der Waals surface area contributed by atoms with Gasteiger partial charge in [0.15, 0.2) is 0 Å². The number of anilines is 1. The van der Waals surface area contributed by atoms with Crippen LogP contribution in [0, 0.1) is 0 Å². The molecule has 144 valence electrons. The summed E-state index contributed by atoms with van der Waals surface area (Å²) in [5.74, 6) is 0.627. The van der Waals surface area contributed by atoms with E-state index in [0.29, 0.717) is 5.75 Å². The molecule has 3 rings (SSSR count). The Morgan fingerprint density at radius 2 is 1.96 bits per heavy atom. The van der Waals surface area contributed by atoms with Crippen molar-refractivity contribution in [3.8, 4) is 5.75 Å². The fourth-order valence-electron chi connectivity index (χ4n) is 3.65. The lowest BCUT2D eigenvalue weighted by Gasteiger charge is -2.26. The Balaban J connectivity index is 1.67. The van der Waals surface area contributed by atoms with Crippen molar-refractivity contribution in [1.82, 2.24) is 5.32 Å². The zero-order chi connectivity index (χ0) is 19.4. The van der Waals surface area contributed by atoms with Gasteiger partial charge in [0.1, 0.15) is 5.75 Å². The SMILES string of the molecule is COc1ccc(C(C)(C)C)cc1NC(=O)CN[C@H]1CCCc2ccccc21. The minimum absolute atomic E-state index is 0.00973. The van der Waals surface area contributed by atoms with Crippen LogP contribution < -0.4 is 15.4 Å². The Bertz CT molecular complexity index is 808. The number of methoxy groups -OCH3 is 1. The highest BCUT2D eigenvalue weighted by Gasteiger charge is 2.21. The summed E-state index contributed by atoms with van der Waals surface area (Å²) in [4.78, 5) is 12.6. The lowest BCUT2D eigenvalue weighted by atomic mass is 9.87. The molecule has 27 heavy (non-hydrogen) atoms. The number of fused-ring (bicyclic) bond motifs is 1. The Hall–Kier alpha value is -2.33. The Morgan fingerprint density at radius 3 is 2.70 bits per heavy atom. The first-order valence-corrected chi connectivity index (χ1v) is 9.68. The molecule has 0 saturated heterocycles. The van der Waals surface area contributed by atoms with Gasteiger partial charge in [-0.1, -0.05) is 51.1 Å². The second-order valence-corrected chi connectivity index (χ2v) is 8.24. The zero-order valence-corrected chi connectivity index (χ0v) is 16.8. The molecule has 0 heterocycles. The summed E-state index contributed by atoms with van der Waals surface area (Å²) in [5.41, 5.74) is 4.61. The van der Waals surface area contributed by atoms with Gasteiger partial charge in [0.2, 0.25) is 5.91 Å². The zero-order valence-electron chi connectivity index (χ0n) is 16.8. The second-order valence-electron chi connectivity index (χ2n) is 8.24. The third-order valence-electron chi connectivity index (χ3n) is 5.22. The lowest BCUT2D eigenvalue weighted by Crippen LogP contribution is -2.33. The van der Waals surface area contributed by atoms with Crippen LogP contribution in [0.2, 0.25) is 0 Å². The summed E-state index contributed by atoms with van der Waals surface area (Å²) in [6.07, 6.45) is 3.34. The van der Waals surface area contributed by atoms with E-state index >= 15 is 0 Å². The van der Waals surface area contributed by atoms with E-state index in [1.807, 2.05) is 18.2 Å². The molecule has 1 aliphatic carbocycles. The van der Waals surface area contributed by atoms with Crippen LogP contribution in [0.25, 0.3) is 0 Å². The molecule has 1 atom stereocenters. The number of aryl methyl sites for hydroxylation is 1. The molecule has 0 radical (unpaired) electrons. The Morgan fingerprint density at radius 1 is 1.19 bits per heavy atom. The van der Waals surface area contributed by atoms with Crippen LogP contribution in [0.4, 0.5) is 5.69 Å². The molecule has 4 heteroatoms. The number of carbonyl (C=O) groups is 1. The summed E-state index contributed by atoms with van der Waals surface area (Å²) >= 11 is 0. The van der Waals surface area contributed by atoms with Crippen LogP contribution in [0.15, 0.2) is 42.5 Å². The number of benzene rings is 2. The molecule has 0 aromatic heterocycles. The summed E-state index contributed by atoms with van der Waals surface area (Å²) in [6.45, 7) is 6.75. The monoisotopic (exact) mass is 366 g/mol. The molecule has 0 spiro atoms. The van der Waals surface area contributed by atoms with Gasteiger partial charge in [-0.05, 0) is 53.5 Å². The van der Waals surface area contributed by atoms with E-state index in [2.05, 4.69) is 55.7 Å². The molecule has 0 aliphatic heterocycles. The Kier molecular flexibility index (Phi) is 5.85. The molecule has 2 aromatic carbocycles. The fourth-order valence-corrected chi connectivity index (χ4v) is 3.65. The van der Waals surface area contributed by atoms with Gasteiger partial charge in [-0.15, -0.1) is 0 Å². The number of nitrogens with one attached hydrogen (secondary N) is 2. The van der Waals surface area contributed by atoms with E-state index in [-0.39, 0.29) is 23.9 Å². The molecule has 0 bridgehead atoms. The number of carbonyl (C=O) groups excluding carboxylic acids is 1. The average Bonchev–Trinajstić information content (AvgIpc) is 2.65. The largest absolute Gasteiger partial charge is 0.495 e. The first-order valence-electron chi connectivity index (χ1n) is 9.68. The van der Waals surface area contributed by atoms with Gasteiger partial charge in [-0.25, -0.2) is 0 Å². The van der Waals surface area contributed by atoms with Crippen LogP contribution in [-0.2, 0) is 16.6 Å². The number of rotatable bonds is 5. The Labute approximate surface area is 162 Å². The van der Waals surface area contributed by atoms with Crippen LogP contribution in [0.5, 0.6) is 5.75 Å². The predicted octanol–water partition coefficient (Wildman–Crippen LogP) is 4.60. The fraction of sp³-hybridized carbons (Fsp3) is 0.435. The smallest absolute Gasteiger partial charge is 0.238 e. The highest BCUT2D eigenvalue weighted by molar-refractivity contribution is 5.93. The minimum atomic E-state index is -0.0533. The normalized spacial score (nSPS) is 16.5. The third-order valence-corrected chi connectivity index (χ3v) is 5.22. The first-order chi connectivity index (χ1) is 12.9. The molecule has 1 amide bonds. The van der Waals surface area contributed by atoms with Gasteiger partial charge in [0, 0.05) is 6.04 Å². The molecule has 4 nitrogen and oxygen atoms in total. The number of hydrogen-bond acceptors (Lipinski definition) is 3. The number of ether oxygens (including phenoxy) is 1. The highest BCUT2D eigenvalue weighted by atomic mass is 16.5. The predicted molar refractivity (Wildman–Crippen MR) is 110 cm³/mol. The van der Waals surface area contributed by atoms with E-state index in [0.717, 1.165) is 30.5 Å². The van der Waals surface area contributed by atoms with E-state index in [9.17, 15) is 4.79 Å². The molecule has 1 aliphatic rings. The molecule has 2 aromatic rings. The quantitative estimate of drug-likeness (QED) is 0.813. The average molecular weight is 367 g/mol. The maximum Gasteiger partial charge on any atom is 0.238 e. The van der Waals surface area contributed by atoms with Crippen LogP contribution in [0.3, 0.4) is 0 Å². The second kappa shape index (κ2) is 8.13. The molecular weight excluding hydrogens is 336 g/mol.